The second-order valence-electron chi connectivity index (χ2n) is 5.99. The molecule has 1 aliphatic heterocycles. The molecule has 1 heterocycles. The monoisotopic (exact) mass is 379 g/mol. The van der Waals surface area contributed by atoms with Gasteiger partial charge in [0.15, 0.2) is 6.61 Å². The van der Waals surface area contributed by atoms with Crippen molar-refractivity contribution in [1.82, 2.24) is 5.32 Å². The Labute approximate surface area is 152 Å². The maximum atomic E-state index is 12.8. The van der Waals surface area contributed by atoms with E-state index in [1.54, 1.807) is 25.1 Å². The summed E-state index contributed by atoms with van der Waals surface area (Å²) in [6, 6.07) is 8.26. The summed E-state index contributed by atoms with van der Waals surface area (Å²) in [6.45, 7) is 1.47. The van der Waals surface area contributed by atoms with E-state index in [9.17, 15) is 22.8 Å². The molecule has 0 saturated heterocycles. The van der Waals surface area contributed by atoms with Crippen molar-refractivity contribution in [3.8, 4) is 5.75 Å². The van der Waals surface area contributed by atoms with Crippen molar-refractivity contribution in [3.63, 3.8) is 0 Å². The van der Waals surface area contributed by atoms with Gasteiger partial charge >= 0.3 is 12.2 Å². The average molecular weight is 379 g/mol. The van der Waals surface area contributed by atoms with Crippen LogP contribution in [0.2, 0.25) is 0 Å². The molecule has 0 saturated carbocycles. The van der Waals surface area contributed by atoms with Crippen molar-refractivity contribution in [3.05, 3.63) is 53.6 Å². The van der Waals surface area contributed by atoms with Crippen molar-refractivity contribution in [2.45, 2.75) is 19.1 Å². The molecule has 0 aromatic heterocycles. The summed E-state index contributed by atoms with van der Waals surface area (Å²) >= 11 is 0. The van der Waals surface area contributed by atoms with Gasteiger partial charge in [-0.2, -0.15) is 13.2 Å². The highest BCUT2D eigenvalue weighted by Gasteiger charge is 2.30. The van der Waals surface area contributed by atoms with E-state index >= 15 is 0 Å². The molecule has 3 amide bonds. The predicted octanol–water partition coefficient (Wildman–Crippen LogP) is 3.92. The Morgan fingerprint density at radius 1 is 1.22 bits per heavy atom. The molecule has 0 bridgehead atoms. The minimum atomic E-state index is -4.45. The van der Waals surface area contributed by atoms with Crippen LogP contribution >= 0.6 is 0 Å². The molecule has 1 aliphatic rings. The fourth-order valence-corrected chi connectivity index (χ4v) is 2.58. The summed E-state index contributed by atoms with van der Waals surface area (Å²) in [6.07, 6.45) is -4.45. The van der Waals surface area contributed by atoms with Gasteiger partial charge in [0.2, 0.25) is 0 Å². The van der Waals surface area contributed by atoms with Crippen LogP contribution in [0.4, 0.5) is 29.3 Å². The number of urea groups is 1. The molecule has 3 N–H and O–H groups in total. The van der Waals surface area contributed by atoms with Crippen LogP contribution in [0, 0.1) is 0 Å². The Morgan fingerprint density at radius 3 is 2.74 bits per heavy atom. The van der Waals surface area contributed by atoms with Crippen molar-refractivity contribution >= 4 is 23.3 Å². The Morgan fingerprint density at radius 2 is 2.00 bits per heavy atom. The lowest BCUT2D eigenvalue weighted by Gasteiger charge is -2.19. The van der Waals surface area contributed by atoms with Gasteiger partial charge in [0.25, 0.3) is 5.91 Å². The third-order valence-electron chi connectivity index (χ3n) is 3.93. The topological polar surface area (TPSA) is 79.5 Å². The molecule has 2 aromatic carbocycles. The van der Waals surface area contributed by atoms with Gasteiger partial charge in [0, 0.05) is 11.8 Å². The van der Waals surface area contributed by atoms with Gasteiger partial charge < -0.3 is 20.7 Å². The molecule has 2 aromatic rings. The van der Waals surface area contributed by atoms with Crippen LogP contribution in [0.5, 0.6) is 5.75 Å². The van der Waals surface area contributed by atoms with Gasteiger partial charge in [-0.25, -0.2) is 4.79 Å². The Kier molecular flexibility index (Phi) is 4.93. The van der Waals surface area contributed by atoms with Gasteiger partial charge in [-0.15, -0.1) is 0 Å². The zero-order valence-corrected chi connectivity index (χ0v) is 14.2. The third-order valence-corrected chi connectivity index (χ3v) is 3.93. The number of alkyl halides is 3. The van der Waals surface area contributed by atoms with Crippen molar-refractivity contribution in [2.75, 3.05) is 17.2 Å². The lowest BCUT2D eigenvalue weighted by molar-refractivity contribution is -0.137. The molecule has 0 fully saturated rings. The maximum Gasteiger partial charge on any atom is 0.416 e. The molecular weight excluding hydrogens is 363 g/mol. The highest BCUT2D eigenvalue weighted by Crippen LogP contribution is 2.31. The molecule has 27 heavy (non-hydrogen) atoms. The lowest BCUT2D eigenvalue weighted by Crippen LogP contribution is -2.31. The number of hydrogen-bond acceptors (Lipinski definition) is 3. The smallest absolute Gasteiger partial charge is 0.416 e. The minimum absolute atomic E-state index is 0.116. The summed E-state index contributed by atoms with van der Waals surface area (Å²) < 4.78 is 43.7. The van der Waals surface area contributed by atoms with Crippen LogP contribution in [0.25, 0.3) is 0 Å². The number of rotatable bonds is 3. The Balaban J connectivity index is 1.65. The quantitative estimate of drug-likeness (QED) is 0.756. The van der Waals surface area contributed by atoms with E-state index in [0.717, 1.165) is 12.1 Å². The highest BCUT2D eigenvalue weighted by atomic mass is 19.4. The average Bonchev–Trinajstić information content (AvgIpc) is 2.61. The highest BCUT2D eigenvalue weighted by molar-refractivity contribution is 5.96. The van der Waals surface area contributed by atoms with Crippen LogP contribution in [-0.2, 0) is 11.0 Å². The van der Waals surface area contributed by atoms with Crippen molar-refractivity contribution in [1.29, 1.82) is 0 Å². The summed E-state index contributed by atoms with van der Waals surface area (Å²) in [4.78, 5) is 23.4. The standard InChI is InChI=1S/C18H16F3N3O3/c1-10(11-3-2-4-12(7-11)18(19,20)21)22-17(26)23-13-5-6-14-15(8-13)27-9-16(25)24-14/h2-8,10H,9H2,1H3,(H,24,25)(H2,22,23,26). The van der Waals surface area contributed by atoms with E-state index in [2.05, 4.69) is 16.0 Å². The van der Waals surface area contributed by atoms with Crippen molar-refractivity contribution in [2.24, 2.45) is 0 Å². The number of nitrogens with one attached hydrogen (secondary N) is 3. The Hall–Kier alpha value is -3.23. The van der Waals surface area contributed by atoms with Crippen LogP contribution in [-0.4, -0.2) is 18.5 Å². The van der Waals surface area contributed by atoms with E-state index in [0.29, 0.717) is 22.7 Å². The zero-order valence-electron chi connectivity index (χ0n) is 14.2. The first-order chi connectivity index (χ1) is 12.7. The van der Waals surface area contributed by atoms with E-state index < -0.39 is 23.8 Å². The molecule has 0 aliphatic carbocycles. The number of halogens is 3. The molecule has 9 heteroatoms. The first-order valence-electron chi connectivity index (χ1n) is 8.04. The Bertz CT molecular complexity index is 884. The van der Waals surface area contributed by atoms with Gasteiger partial charge in [-0.3, -0.25) is 4.79 Å². The molecule has 1 atom stereocenters. The first kappa shape index (κ1) is 18.6. The van der Waals surface area contributed by atoms with Crippen LogP contribution in [0.3, 0.4) is 0 Å². The second kappa shape index (κ2) is 7.18. The summed E-state index contributed by atoms with van der Waals surface area (Å²) in [5, 5.41) is 7.79. The zero-order chi connectivity index (χ0) is 19.6. The molecule has 0 spiro atoms. The van der Waals surface area contributed by atoms with Crippen LogP contribution in [0.15, 0.2) is 42.5 Å². The van der Waals surface area contributed by atoms with Crippen LogP contribution in [0.1, 0.15) is 24.1 Å². The number of fused-ring (bicyclic) bond motifs is 1. The normalized spacial score (nSPS) is 14.4. The lowest BCUT2D eigenvalue weighted by atomic mass is 10.1. The van der Waals surface area contributed by atoms with E-state index in [-0.39, 0.29) is 12.5 Å². The van der Waals surface area contributed by atoms with Crippen LogP contribution < -0.4 is 20.7 Å². The van der Waals surface area contributed by atoms with E-state index in [4.69, 9.17) is 4.74 Å². The van der Waals surface area contributed by atoms with Gasteiger partial charge in [0.1, 0.15) is 5.75 Å². The number of amides is 3. The molecule has 1 unspecified atom stereocenters. The molecule has 0 radical (unpaired) electrons. The molecule has 6 nitrogen and oxygen atoms in total. The number of benzene rings is 2. The number of ether oxygens (including phenoxy) is 1. The molecule has 3 rings (SSSR count). The number of hydrogen-bond donors (Lipinski definition) is 3. The molecular formula is C18H16F3N3O3. The van der Waals surface area contributed by atoms with Gasteiger partial charge in [-0.05, 0) is 36.8 Å². The number of anilines is 2. The largest absolute Gasteiger partial charge is 0.482 e. The number of carbonyl (C=O) groups is 2. The van der Waals surface area contributed by atoms with Crippen molar-refractivity contribution < 1.29 is 27.5 Å². The summed E-state index contributed by atoms with van der Waals surface area (Å²) in [7, 11) is 0. The summed E-state index contributed by atoms with van der Waals surface area (Å²) in [5.41, 5.74) is 0.465. The SMILES string of the molecule is CC(NC(=O)Nc1ccc2c(c1)OCC(=O)N2)c1cccc(C(F)(F)F)c1. The number of carbonyl (C=O) groups excluding carboxylic acids is 2. The minimum Gasteiger partial charge on any atom is -0.482 e. The fourth-order valence-electron chi connectivity index (χ4n) is 2.58. The van der Waals surface area contributed by atoms with Gasteiger partial charge in [0.05, 0.1) is 17.3 Å². The van der Waals surface area contributed by atoms with E-state index in [1.165, 1.54) is 12.1 Å². The first-order valence-corrected chi connectivity index (χ1v) is 8.04. The van der Waals surface area contributed by atoms with Gasteiger partial charge in [-0.1, -0.05) is 12.1 Å². The maximum absolute atomic E-state index is 12.8. The predicted molar refractivity (Wildman–Crippen MR) is 92.6 cm³/mol. The second-order valence-corrected chi connectivity index (χ2v) is 5.99. The third kappa shape index (κ3) is 4.49. The molecule has 142 valence electrons. The summed E-state index contributed by atoms with van der Waals surface area (Å²) in [5.74, 6) is 0.147. The fraction of sp³-hybridized carbons (Fsp3) is 0.222. The van der Waals surface area contributed by atoms with E-state index in [1.807, 2.05) is 0 Å².